The molecule has 1 aliphatic rings. The van der Waals surface area contributed by atoms with Gasteiger partial charge < -0.3 is 14.2 Å². The van der Waals surface area contributed by atoms with Gasteiger partial charge in [-0.15, -0.1) is 0 Å². The molecule has 0 radical (unpaired) electrons. The van der Waals surface area contributed by atoms with Crippen LogP contribution in [0.3, 0.4) is 0 Å². The third-order valence-electron chi connectivity index (χ3n) is 5.00. The average Bonchev–Trinajstić information content (AvgIpc) is 3.01. The zero-order chi connectivity index (χ0) is 20.5. The second-order valence-electron chi connectivity index (χ2n) is 6.97. The number of carbonyl (C=O) groups excluding carboxylic acids is 1. The number of sulfonamides is 1. The van der Waals surface area contributed by atoms with E-state index >= 15 is 0 Å². The smallest absolute Gasteiger partial charge is 0.260 e. The van der Waals surface area contributed by atoms with Crippen molar-refractivity contribution in [2.75, 3.05) is 32.8 Å². The Morgan fingerprint density at radius 3 is 2.36 bits per heavy atom. The van der Waals surface area contributed by atoms with Gasteiger partial charge in [0, 0.05) is 26.2 Å². The van der Waals surface area contributed by atoms with Gasteiger partial charge in [0.25, 0.3) is 5.91 Å². The molecule has 1 amide bonds. The summed E-state index contributed by atoms with van der Waals surface area (Å²) in [6.45, 7) is 8.20. The van der Waals surface area contributed by atoms with Gasteiger partial charge in [-0.1, -0.05) is 11.2 Å². The lowest BCUT2D eigenvalue weighted by molar-refractivity contribution is -0.134. The Balaban J connectivity index is 1.57. The van der Waals surface area contributed by atoms with E-state index in [1.165, 1.54) is 4.31 Å². The molecule has 0 unspecified atom stereocenters. The third kappa shape index (κ3) is 4.05. The Morgan fingerprint density at radius 2 is 1.79 bits per heavy atom. The van der Waals surface area contributed by atoms with Gasteiger partial charge >= 0.3 is 0 Å². The Hall–Kier alpha value is -2.39. The van der Waals surface area contributed by atoms with E-state index in [0.29, 0.717) is 24.5 Å². The normalized spacial score (nSPS) is 15.6. The van der Waals surface area contributed by atoms with Gasteiger partial charge in [0.2, 0.25) is 10.0 Å². The largest absolute Gasteiger partial charge is 0.484 e. The molecule has 1 fully saturated rings. The van der Waals surface area contributed by atoms with E-state index in [2.05, 4.69) is 5.16 Å². The van der Waals surface area contributed by atoms with Crippen LogP contribution < -0.4 is 4.74 Å². The first kappa shape index (κ1) is 20.3. The molecular formula is C19H25N3O5S. The zero-order valence-electron chi connectivity index (χ0n) is 16.6. The van der Waals surface area contributed by atoms with Crippen molar-refractivity contribution in [2.45, 2.75) is 32.6 Å². The summed E-state index contributed by atoms with van der Waals surface area (Å²) in [5.74, 6) is 0.765. The van der Waals surface area contributed by atoms with Crippen molar-refractivity contribution in [1.82, 2.24) is 14.4 Å². The van der Waals surface area contributed by atoms with Crippen LogP contribution in [0.1, 0.15) is 22.6 Å². The van der Waals surface area contributed by atoms with Gasteiger partial charge in [0.15, 0.2) is 12.4 Å². The maximum atomic E-state index is 12.8. The lowest BCUT2D eigenvalue weighted by atomic mass is 10.1. The quantitative estimate of drug-likeness (QED) is 0.751. The van der Waals surface area contributed by atoms with E-state index in [9.17, 15) is 13.2 Å². The number of aryl methyl sites for hydroxylation is 4. The molecule has 2 aromatic rings. The minimum Gasteiger partial charge on any atom is -0.484 e. The van der Waals surface area contributed by atoms with Crippen LogP contribution in [0.2, 0.25) is 0 Å². The highest BCUT2D eigenvalue weighted by molar-refractivity contribution is 7.89. The molecule has 152 valence electrons. The monoisotopic (exact) mass is 407 g/mol. The fraction of sp³-hybridized carbons (Fsp3) is 0.474. The van der Waals surface area contributed by atoms with E-state index in [1.807, 2.05) is 32.0 Å². The highest BCUT2D eigenvalue weighted by Gasteiger charge is 2.34. The molecule has 0 N–H and O–H groups in total. The number of aromatic nitrogens is 1. The minimum absolute atomic E-state index is 0.0703. The average molecular weight is 407 g/mol. The first-order valence-electron chi connectivity index (χ1n) is 9.11. The van der Waals surface area contributed by atoms with Crippen LogP contribution in [0.25, 0.3) is 0 Å². The number of rotatable bonds is 5. The predicted octanol–water partition coefficient (Wildman–Crippen LogP) is 1.82. The number of piperazine rings is 1. The number of amides is 1. The van der Waals surface area contributed by atoms with Crippen molar-refractivity contribution >= 4 is 15.9 Å². The van der Waals surface area contributed by atoms with Crippen LogP contribution in [-0.2, 0) is 14.8 Å². The predicted molar refractivity (Wildman–Crippen MR) is 103 cm³/mol. The van der Waals surface area contributed by atoms with E-state index in [4.69, 9.17) is 9.26 Å². The molecule has 0 spiro atoms. The highest BCUT2D eigenvalue weighted by atomic mass is 32.2. The van der Waals surface area contributed by atoms with E-state index in [-0.39, 0.29) is 36.3 Å². The number of nitrogens with zero attached hydrogens (tertiary/aromatic N) is 3. The molecule has 9 heteroatoms. The minimum atomic E-state index is -3.69. The van der Waals surface area contributed by atoms with Crippen molar-refractivity contribution in [2.24, 2.45) is 0 Å². The van der Waals surface area contributed by atoms with Gasteiger partial charge in [0.1, 0.15) is 16.3 Å². The van der Waals surface area contributed by atoms with Gasteiger partial charge in [-0.05, 0) is 51.0 Å². The second-order valence-corrected chi connectivity index (χ2v) is 8.85. The van der Waals surface area contributed by atoms with E-state index in [1.54, 1.807) is 18.7 Å². The van der Waals surface area contributed by atoms with Crippen molar-refractivity contribution in [3.05, 3.63) is 40.8 Å². The van der Waals surface area contributed by atoms with E-state index in [0.717, 1.165) is 11.1 Å². The fourth-order valence-electron chi connectivity index (χ4n) is 3.19. The van der Waals surface area contributed by atoms with Crippen molar-refractivity contribution in [1.29, 1.82) is 0 Å². The first-order chi connectivity index (χ1) is 13.2. The number of ether oxygens (including phenoxy) is 1. The summed E-state index contributed by atoms with van der Waals surface area (Å²) < 4.78 is 37.6. The van der Waals surface area contributed by atoms with E-state index < -0.39 is 10.0 Å². The molecule has 2 heterocycles. The van der Waals surface area contributed by atoms with Crippen LogP contribution in [-0.4, -0.2) is 61.5 Å². The number of hydrogen-bond donors (Lipinski definition) is 0. The van der Waals surface area contributed by atoms with Crippen molar-refractivity contribution in [3.63, 3.8) is 0 Å². The molecule has 0 aliphatic carbocycles. The summed E-state index contributed by atoms with van der Waals surface area (Å²) in [5.41, 5.74) is 2.61. The molecule has 8 nitrogen and oxygen atoms in total. The maximum absolute atomic E-state index is 12.8. The van der Waals surface area contributed by atoms with Crippen LogP contribution in [0.4, 0.5) is 0 Å². The maximum Gasteiger partial charge on any atom is 0.260 e. The van der Waals surface area contributed by atoms with Gasteiger partial charge in [0.05, 0.1) is 0 Å². The summed E-state index contributed by atoms with van der Waals surface area (Å²) >= 11 is 0. The van der Waals surface area contributed by atoms with Crippen molar-refractivity contribution < 1.29 is 22.5 Å². The molecule has 1 saturated heterocycles. The Bertz CT molecular complexity index is 956. The van der Waals surface area contributed by atoms with Crippen LogP contribution in [0, 0.1) is 27.7 Å². The fourth-order valence-corrected chi connectivity index (χ4v) is 4.90. The van der Waals surface area contributed by atoms with Crippen LogP contribution >= 0.6 is 0 Å². The molecular weight excluding hydrogens is 382 g/mol. The molecule has 1 aromatic heterocycles. The number of benzene rings is 1. The molecule has 1 aromatic carbocycles. The summed E-state index contributed by atoms with van der Waals surface area (Å²) in [6, 6.07) is 5.69. The zero-order valence-corrected chi connectivity index (χ0v) is 17.4. The molecule has 28 heavy (non-hydrogen) atoms. The summed E-state index contributed by atoms with van der Waals surface area (Å²) in [5, 5.41) is 3.72. The third-order valence-corrected chi connectivity index (χ3v) is 7.14. The first-order valence-corrected chi connectivity index (χ1v) is 10.5. The lowest BCUT2D eigenvalue weighted by Crippen LogP contribution is -2.51. The summed E-state index contributed by atoms with van der Waals surface area (Å²) in [4.78, 5) is 14.2. The molecule has 0 atom stereocenters. The Labute approximate surface area is 165 Å². The Morgan fingerprint density at radius 1 is 1.11 bits per heavy atom. The SMILES string of the molecule is Cc1ccc(OCC(=O)N2CCN(S(=O)(=O)c3c(C)noc3C)CC2)cc1C. The highest BCUT2D eigenvalue weighted by Crippen LogP contribution is 2.24. The Kier molecular flexibility index (Phi) is 5.76. The molecule has 3 rings (SSSR count). The topological polar surface area (TPSA) is 93.0 Å². The van der Waals surface area contributed by atoms with Gasteiger partial charge in [-0.2, -0.15) is 4.31 Å². The standard InChI is InChI=1S/C19H25N3O5S/c1-13-5-6-17(11-14(13)2)26-12-18(23)21-7-9-22(10-8-21)28(24,25)19-15(3)20-27-16(19)4/h5-6,11H,7-10,12H2,1-4H3. The molecule has 0 bridgehead atoms. The molecule has 0 saturated carbocycles. The van der Waals surface area contributed by atoms with Gasteiger partial charge in [-0.3, -0.25) is 4.79 Å². The number of carbonyl (C=O) groups is 1. The summed E-state index contributed by atoms with van der Waals surface area (Å²) in [6.07, 6.45) is 0. The second kappa shape index (κ2) is 7.92. The summed E-state index contributed by atoms with van der Waals surface area (Å²) in [7, 11) is -3.69. The van der Waals surface area contributed by atoms with Crippen LogP contribution in [0.5, 0.6) is 5.75 Å². The van der Waals surface area contributed by atoms with Gasteiger partial charge in [-0.25, -0.2) is 8.42 Å². The van der Waals surface area contributed by atoms with Crippen molar-refractivity contribution in [3.8, 4) is 5.75 Å². The lowest BCUT2D eigenvalue weighted by Gasteiger charge is -2.33. The van der Waals surface area contributed by atoms with Crippen LogP contribution in [0.15, 0.2) is 27.6 Å². The molecule has 1 aliphatic heterocycles. The number of hydrogen-bond acceptors (Lipinski definition) is 6.